The molecule has 2 aliphatic rings. The molecular formula is C33H30FNO5. The summed E-state index contributed by atoms with van der Waals surface area (Å²) in [5, 5.41) is 0. The highest BCUT2D eigenvalue weighted by molar-refractivity contribution is 5.91. The third kappa shape index (κ3) is 4.39. The topological polar surface area (TPSA) is 74.1 Å². The van der Waals surface area contributed by atoms with Crippen LogP contribution in [0.5, 0.6) is 0 Å². The molecule has 2 heterocycles. The molecule has 6 rings (SSSR count). The number of halogens is 1. The van der Waals surface area contributed by atoms with Crippen LogP contribution in [0.2, 0.25) is 0 Å². The number of aromatic nitrogens is 1. The molecule has 40 heavy (non-hydrogen) atoms. The summed E-state index contributed by atoms with van der Waals surface area (Å²) in [6.45, 7) is 3.55. The van der Waals surface area contributed by atoms with E-state index in [0.717, 1.165) is 35.7 Å². The van der Waals surface area contributed by atoms with Crippen molar-refractivity contribution in [2.45, 2.75) is 57.0 Å². The van der Waals surface area contributed by atoms with Gasteiger partial charge in [0.2, 0.25) is 0 Å². The standard InChI is InChI=1S/C33H30FNO5/c1-3-39-31(37)25-18-24(21-14-15-21)28-20(2)27(26(34)19-35(28)30(25)36)33(16-17-33)32(38)40-29(22-10-6-4-7-11-22)23-12-8-5-9-13-23/h4-13,18-19,21,29H,3,14-17H2,1-2H3. The first-order valence-electron chi connectivity index (χ1n) is 13.7. The molecule has 2 aromatic carbocycles. The zero-order valence-corrected chi connectivity index (χ0v) is 22.5. The van der Waals surface area contributed by atoms with Crippen LogP contribution >= 0.6 is 0 Å². The van der Waals surface area contributed by atoms with E-state index in [9.17, 15) is 14.4 Å². The lowest BCUT2D eigenvalue weighted by Gasteiger charge is -2.25. The molecule has 2 aromatic heterocycles. The summed E-state index contributed by atoms with van der Waals surface area (Å²) in [6, 6.07) is 20.6. The molecule has 0 amide bonds. The van der Waals surface area contributed by atoms with Crippen molar-refractivity contribution >= 4 is 17.5 Å². The van der Waals surface area contributed by atoms with Crippen molar-refractivity contribution in [3.63, 3.8) is 0 Å². The van der Waals surface area contributed by atoms with Crippen molar-refractivity contribution in [1.82, 2.24) is 4.40 Å². The van der Waals surface area contributed by atoms with Crippen LogP contribution in [0, 0.1) is 12.7 Å². The minimum absolute atomic E-state index is 0.109. The van der Waals surface area contributed by atoms with Crippen molar-refractivity contribution in [3.05, 3.63) is 122 Å². The molecule has 2 aliphatic carbocycles. The Kier molecular flexibility index (Phi) is 6.53. The summed E-state index contributed by atoms with van der Waals surface area (Å²) in [5.74, 6) is -1.72. The predicted molar refractivity (Wildman–Crippen MR) is 148 cm³/mol. The van der Waals surface area contributed by atoms with E-state index in [2.05, 4.69) is 0 Å². The van der Waals surface area contributed by atoms with Gasteiger partial charge >= 0.3 is 11.9 Å². The summed E-state index contributed by atoms with van der Waals surface area (Å²) in [6.07, 6.45) is 3.18. The number of rotatable bonds is 8. The van der Waals surface area contributed by atoms with E-state index in [4.69, 9.17) is 9.47 Å². The highest BCUT2D eigenvalue weighted by atomic mass is 19.1. The van der Waals surface area contributed by atoms with Crippen LogP contribution < -0.4 is 5.56 Å². The smallest absolute Gasteiger partial charge is 0.343 e. The van der Waals surface area contributed by atoms with Gasteiger partial charge in [0, 0.05) is 11.8 Å². The number of hydrogen-bond donors (Lipinski definition) is 0. The maximum absolute atomic E-state index is 16.0. The normalized spacial score (nSPS) is 15.7. The van der Waals surface area contributed by atoms with E-state index in [-0.39, 0.29) is 23.7 Å². The van der Waals surface area contributed by atoms with Crippen LogP contribution in [0.25, 0.3) is 5.52 Å². The third-order valence-electron chi connectivity index (χ3n) is 8.04. The maximum Gasteiger partial charge on any atom is 0.343 e. The Balaban J connectivity index is 1.45. The van der Waals surface area contributed by atoms with Gasteiger partial charge < -0.3 is 9.47 Å². The highest BCUT2D eigenvalue weighted by Crippen LogP contribution is 2.53. The van der Waals surface area contributed by atoms with Crippen LogP contribution in [-0.4, -0.2) is 22.9 Å². The Morgan fingerprint density at radius 1 is 1.02 bits per heavy atom. The molecule has 204 valence electrons. The zero-order valence-electron chi connectivity index (χ0n) is 22.5. The Hall–Kier alpha value is -4.26. The van der Waals surface area contributed by atoms with E-state index < -0.39 is 34.8 Å². The number of nitrogens with zero attached hydrogens (tertiary/aromatic N) is 1. The zero-order chi connectivity index (χ0) is 28.0. The number of fused-ring (bicyclic) bond motifs is 1. The second-order valence-electron chi connectivity index (χ2n) is 10.7. The Labute approximate surface area is 231 Å². The second-order valence-corrected chi connectivity index (χ2v) is 10.7. The summed E-state index contributed by atoms with van der Waals surface area (Å²) in [4.78, 5) is 39.8. The Morgan fingerprint density at radius 2 is 1.62 bits per heavy atom. The lowest BCUT2D eigenvalue weighted by atomic mass is 9.89. The van der Waals surface area contributed by atoms with E-state index >= 15 is 4.39 Å². The molecule has 2 fully saturated rings. The quantitative estimate of drug-likeness (QED) is 0.251. The van der Waals surface area contributed by atoms with E-state index in [1.807, 2.05) is 60.7 Å². The first kappa shape index (κ1) is 26.0. The van der Waals surface area contributed by atoms with Gasteiger partial charge in [0.1, 0.15) is 11.4 Å². The molecule has 0 bridgehead atoms. The van der Waals surface area contributed by atoms with Gasteiger partial charge in [-0.15, -0.1) is 0 Å². The van der Waals surface area contributed by atoms with Crippen LogP contribution in [0.15, 0.2) is 77.7 Å². The Bertz CT molecular complexity index is 1630. The van der Waals surface area contributed by atoms with E-state index in [0.29, 0.717) is 23.9 Å². The SMILES string of the molecule is CCOC(=O)c1cc(C2CC2)c2c(C)c(C3(C(=O)OC(c4ccccc4)c4ccccc4)CC3)c(F)cn2c1=O. The van der Waals surface area contributed by atoms with Crippen LogP contribution in [-0.2, 0) is 19.7 Å². The molecule has 2 saturated carbocycles. The van der Waals surface area contributed by atoms with Crippen LogP contribution in [0.4, 0.5) is 4.39 Å². The van der Waals surface area contributed by atoms with E-state index in [1.54, 1.807) is 19.9 Å². The number of benzene rings is 2. The molecular weight excluding hydrogens is 509 g/mol. The number of carbonyl (C=O) groups excluding carboxylic acids is 2. The minimum atomic E-state index is -1.14. The van der Waals surface area contributed by atoms with Gasteiger partial charge in [0.15, 0.2) is 6.10 Å². The lowest BCUT2D eigenvalue weighted by Crippen LogP contribution is -2.30. The predicted octanol–water partition coefficient (Wildman–Crippen LogP) is 6.17. The average molecular weight is 540 g/mol. The van der Waals surface area contributed by atoms with Gasteiger partial charge in [-0.2, -0.15) is 0 Å². The first-order chi connectivity index (χ1) is 19.4. The van der Waals surface area contributed by atoms with Crippen molar-refractivity contribution in [1.29, 1.82) is 0 Å². The number of pyridine rings is 2. The van der Waals surface area contributed by atoms with Crippen molar-refractivity contribution in [2.24, 2.45) is 0 Å². The summed E-state index contributed by atoms with van der Waals surface area (Å²) >= 11 is 0. The average Bonchev–Trinajstić information content (AvgIpc) is 3.89. The van der Waals surface area contributed by atoms with Crippen LogP contribution in [0.1, 0.15) is 82.8 Å². The highest BCUT2D eigenvalue weighted by Gasteiger charge is 2.56. The number of hydrogen-bond acceptors (Lipinski definition) is 5. The molecule has 0 spiro atoms. The summed E-state index contributed by atoms with van der Waals surface area (Å²) < 4.78 is 28.5. The largest absolute Gasteiger partial charge is 0.462 e. The second kappa shape index (κ2) is 10.0. The number of esters is 2. The molecule has 6 nitrogen and oxygen atoms in total. The van der Waals surface area contributed by atoms with Crippen LogP contribution in [0.3, 0.4) is 0 Å². The molecule has 0 N–H and O–H groups in total. The molecule has 0 atom stereocenters. The van der Waals surface area contributed by atoms with Gasteiger partial charge in [0.05, 0.1) is 17.5 Å². The number of aryl methyl sites for hydroxylation is 1. The van der Waals surface area contributed by atoms with Crippen molar-refractivity contribution < 1.29 is 23.5 Å². The van der Waals surface area contributed by atoms with Gasteiger partial charge in [-0.05, 0) is 73.8 Å². The minimum Gasteiger partial charge on any atom is -0.462 e. The summed E-state index contributed by atoms with van der Waals surface area (Å²) in [7, 11) is 0. The van der Waals surface area contributed by atoms with Gasteiger partial charge in [-0.3, -0.25) is 14.0 Å². The number of ether oxygens (including phenoxy) is 2. The summed E-state index contributed by atoms with van der Waals surface area (Å²) in [5.41, 5.74) is 1.91. The third-order valence-corrected chi connectivity index (χ3v) is 8.04. The lowest BCUT2D eigenvalue weighted by molar-refractivity contribution is -0.150. The fourth-order valence-corrected chi connectivity index (χ4v) is 5.79. The molecule has 0 radical (unpaired) electrons. The fraction of sp³-hybridized carbons (Fsp3) is 0.303. The number of carbonyl (C=O) groups is 2. The molecule has 7 heteroatoms. The van der Waals surface area contributed by atoms with Gasteiger partial charge in [-0.25, -0.2) is 9.18 Å². The first-order valence-corrected chi connectivity index (χ1v) is 13.7. The molecule has 0 unspecified atom stereocenters. The van der Waals surface area contributed by atoms with Crippen molar-refractivity contribution in [2.75, 3.05) is 6.61 Å². The van der Waals surface area contributed by atoms with E-state index in [1.165, 1.54) is 4.40 Å². The molecule has 4 aromatic rings. The maximum atomic E-state index is 16.0. The molecule has 0 aliphatic heterocycles. The van der Waals surface area contributed by atoms with Gasteiger partial charge in [-0.1, -0.05) is 60.7 Å². The Morgan fingerprint density at radius 3 is 2.15 bits per heavy atom. The molecule has 0 saturated heterocycles. The van der Waals surface area contributed by atoms with Crippen molar-refractivity contribution in [3.8, 4) is 0 Å². The fourth-order valence-electron chi connectivity index (χ4n) is 5.79. The monoisotopic (exact) mass is 539 g/mol. The van der Waals surface area contributed by atoms with Gasteiger partial charge in [0.25, 0.3) is 5.56 Å².